The van der Waals surface area contributed by atoms with E-state index in [1.165, 1.54) is 0 Å². The second kappa shape index (κ2) is 9.47. The zero-order valence-corrected chi connectivity index (χ0v) is 17.3. The highest BCUT2D eigenvalue weighted by Crippen LogP contribution is 2.22. The van der Waals surface area contributed by atoms with Crippen molar-refractivity contribution in [2.45, 2.75) is 25.7 Å². The fourth-order valence-electron chi connectivity index (χ4n) is 4.40. The van der Waals surface area contributed by atoms with Crippen molar-refractivity contribution >= 4 is 23.5 Å². The Morgan fingerprint density at radius 3 is 2.40 bits per heavy atom. The Kier molecular flexibility index (Phi) is 6.52. The highest BCUT2D eigenvalue weighted by molar-refractivity contribution is 5.98. The van der Waals surface area contributed by atoms with Gasteiger partial charge in [0.05, 0.1) is 19.1 Å². The molecule has 0 bridgehead atoms. The number of hydrogen-bond donors (Lipinski definition) is 1. The van der Waals surface area contributed by atoms with Gasteiger partial charge in [-0.2, -0.15) is 0 Å². The average molecular weight is 415 g/mol. The molecule has 8 nitrogen and oxygen atoms in total. The molecule has 3 heterocycles. The van der Waals surface area contributed by atoms with Crippen LogP contribution in [-0.2, 0) is 9.53 Å². The Morgan fingerprint density at radius 1 is 0.900 bits per heavy atom. The number of nitrogens with one attached hydrogen (secondary N) is 1. The number of amides is 4. The number of morpholine rings is 1. The van der Waals surface area contributed by atoms with Crippen molar-refractivity contribution in [3.05, 3.63) is 29.8 Å². The van der Waals surface area contributed by atoms with Gasteiger partial charge in [0.25, 0.3) is 5.91 Å². The molecule has 1 atom stereocenters. The lowest BCUT2D eigenvalue weighted by molar-refractivity contribution is -0.121. The summed E-state index contributed by atoms with van der Waals surface area (Å²) in [5.74, 6) is -0.372. The van der Waals surface area contributed by atoms with Crippen molar-refractivity contribution in [1.29, 1.82) is 0 Å². The molecule has 1 aromatic rings. The summed E-state index contributed by atoms with van der Waals surface area (Å²) in [5.41, 5.74) is 1.17. The van der Waals surface area contributed by atoms with Crippen LogP contribution < -0.4 is 5.32 Å². The molecule has 4 rings (SSSR count). The third-order valence-corrected chi connectivity index (χ3v) is 6.11. The van der Waals surface area contributed by atoms with E-state index in [2.05, 4.69) is 5.32 Å². The zero-order chi connectivity index (χ0) is 20.9. The first-order valence-electron chi connectivity index (χ1n) is 10.9. The van der Waals surface area contributed by atoms with Gasteiger partial charge in [-0.15, -0.1) is 0 Å². The molecule has 0 unspecified atom stereocenters. The summed E-state index contributed by atoms with van der Waals surface area (Å²) in [6.45, 7) is 5.06. The molecule has 4 amide bonds. The van der Waals surface area contributed by atoms with Gasteiger partial charge in [-0.25, -0.2) is 4.79 Å². The van der Waals surface area contributed by atoms with E-state index in [1.54, 1.807) is 29.2 Å². The number of piperidine rings is 1. The van der Waals surface area contributed by atoms with Crippen molar-refractivity contribution < 1.29 is 19.1 Å². The summed E-state index contributed by atoms with van der Waals surface area (Å²) in [6.07, 6.45) is 3.71. The molecule has 3 aliphatic rings. The van der Waals surface area contributed by atoms with Crippen molar-refractivity contribution in [3.63, 3.8) is 0 Å². The Bertz CT molecular complexity index is 787. The first kappa shape index (κ1) is 20.7. The molecule has 162 valence electrons. The van der Waals surface area contributed by atoms with Crippen LogP contribution in [0.5, 0.6) is 0 Å². The molecule has 1 N–H and O–H groups in total. The zero-order valence-electron chi connectivity index (χ0n) is 17.3. The Hall–Kier alpha value is -2.61. The first-order valence-corrected chi connectivity index (χ1v) is 10.9. The van der Waals surface area contributed by atoms with E-state index < -0.39 is 0 Å². The van der Waals surface area contributed by atoms with Crippen LogP contribution in [0.25, 0.3) is 0 Å². The van der Waals surface area contributed by atoms with Crippen LogP contribution in [0.1, 0.15) is 36.0 Å². The van der Waals surface area contributed by atoms with E-state index in [-0.39, 0.29) is 23.8 Å². The number of hydrogen-bond acceptors (Lipinski definition) is 4. The molecule has 1 aromatic carbocycles. The van der Waals surface area contributed by atoms with E-state index in [4.69, 9.17) is 4.74 Å². The lowest BCUT2D eigenvalue weighted by Crippen LogP contribution is -2.48. The molecule has 30 heavy (non-hydrogen) atoms. The predicted molar refractivity (Wildman–Crippen MR) is 112 cm³/mol. The molecule has 3 saturated heterocycles. The molecule has 0 aliphatic carbocycles. The normalized spacial score (nSPS) is 22.1. The van der Waals surface area contributed by atoms with Crippen LogP contribution in [0.3, 0.4) is 0 Å². The van der Waals surface area contributed by atoms with Crippen LogP contribution in [-0.4, -0.2) is 85.0 Å². The minimum Gasteiger partial charge on any atom is -0.378 e. The number of urea groups is 1. The Labute approximate surface area is 177 Å². The smallest absolute Gasteiger partial charge is 0.320 e. The maximum Gasteiger partial charge on any atom is 0.320 e. The second-order valence-corrected chi connectivity index (χ2v) is 8.24. The number of rotatable bonds is 3. The summed E-state index contributed by atoms with van der Waals surface area (Å²) in [6, 6.07) is 7.14. The lowest BCUT2D eigenvalue weighted by Gasteiger charge is -2.34. The minimum atomic E-state index is -0.232. The number of carbonyl (C=O) groups excluding carboxylic acids is 3. The molecule has 3 aliphatic heterocycles. The van der Waals surface area contributed by atoms with E-state index in [1.807, 2.05) is 9.80 Å². The topological polar surface area (TPSA) is 82.2 Å². The SMILES string of the molecule is O=C(Nc1cccc(C(=O)N2CCOCC2)c1)[C@@H]1CCCN(C(=O)N2CCCC2)C1. The maximum absolute atomic E-state index is 12.9. The number of anilines is 1. The number of likely N-dealkylation sites (tertiary alicyclic amines) is 2. The van der Waals surface area contributed by atoms with Crippen molar-refractivity contribution in [2.75, 3.05) is 57.8 Å². The Morgan fingerprint density at radius 2 is 1.63 bits per heavy atom. The van der Waals surface area contributed by atoms with E-state index in [9.17, 15) is 14.4 Å². The minimum absolute atomic E-state index is 0.0468. The predicted octanol–water partition coefficient (Wildman–Crippen LogP) is 2.03. The standard InChI is InChI=1S/C22H30N4O4/c27-20(18-6-4-10-26(16-18)22(29)25-8-1-2-9-25)23-19-7-3-5-17(15-19)21(28)24-11-13-30-14-12-24/h3,5,7,15,18H,1-2,4,6,8-14,16H2,(H,23,27)/t18-/m1/s1. The van der Waals surface area contributed by atoms with Crippen LogP contribution in [0.4, 0.5) is 10.5 Å². The number of benzene rings is 1. The van der Waals surface area contributed by atoms with E-state index in [0.717, 1.165) is 38.8 Å². The monoisotopic (exact) mass is 414 g/mol. The molecule has 8 heteroatoms. The summed E-state index contributed by atoms with van der Waals surface area (Å²) in [7, 11) is 0. The largest absolute Gasteiger partial charge is 0.378 e. The molecule has 0 aromatic heterocycles. The quantitative estimate of drug-likeness (QED) is 0.821. The summed E-state index contributed by atoms with van der Waals surface area (Å²) >= 11 is 0. The van der Waals surface area contributed by atoms with Gasteiger partial charge in [0.15, 0.2) is 0 Å². The van der Waals surface area contributed by atoms with E-state index in [0.29, 0.717) is 50.6 Å². The van der Waals surface area contributed by atoms with Crippen molar-refractivity contribution in [1.82, 2.24) is 14.7 Å². The first-order chi connectivity index (χ1) is 14.6. The molecule has 0 radical (unpaired) electrons. The van der Waals surface area contributed by atoms with Crippen LogP contribution in [0, 0.1) is 5.92 Å². The van der Waals surface area contributed by atoms with Gasteiger partial charge in [0.1, 0.15) is 0 Å². The fourth-order valence-corrected chi connectivity index (χ4v) is 4.40. The van der Waals surface area contributed by atoms with Crippen LogP contribution >= 0.6 is 0 Å². The summed E-state index contributed by atoms with van der Waals surface area (Å²) in [5, 5.41) is 2.95. The molecule has 0 saturated carbocycles. The average Bonchev–Trinajstić information content (AvgIpc) is 3.34. The molecular formula is C22H30N4O4. The van der Waals surface area contributed by atoms with Gasteiger partial charge in [-0.1, -0.05) is 6.07 Å². The lowest BCUT2D eigenvalue weighted by atomic mass is 9.97. The van der Waals surface area contributed by atoms with Gasteiger partial charge in [0.2, 0.25) is 5.91 Å². The molecular weight excluding hydrogens is 384 g/mol. The van der Waals surface area contributed by atoms with Gasteiger partial charge >= 0.3 is 6.03 Å². The third kappa shape index (κ3) is 4.75. The highest BCUT2D eigenvalue weighted by atomic mass is 16.5. The van der Waals surface area contributed by atoms with Crippen LogP contribution in [0.2, 0.25) is 0 Å². The van der Waals surface area contributed by atoms with Crippen LogP contribution in [0.15, 0.2) is 24.3 Å². The highest BCUT2D eigenvalue weighted by Gasteiger charge is 2.31. The number of ether oxygens (including phenoxy) is 1. The molecule has 0 spiro atoms. The van der Waals surface area contributed by atoms with Crippen molar-refractivity contribution in [2.24, 2.45) is 5.92 Å². The Balaban J connectivity index is 1.36. The third-order valence-electron chi connectivity index (χ3n) is 6.11. The summed E-state index contributed by atoms with van der Waals surface area (Å²) < 4.78 is 5.31. The van der Waals surface area contributed by atoms with Gasteiger partial charge < -0.3 is 24.8 Å². The van der Waals surface area contributed by atoms with E-state index >= 15 is 0 Å². The fraction of sp³-hybridized carbons (Fsp3) is 0.591. The van der Waals surface area contributed by atoms with Crippen molar-refractivity contribution in [3.8, 4) is 0 Å². The number of carbonyl (C=O) groups is 3. The molecule has 3 fully saturated rings. The maximum atomic E-state index is 12.9. The summed E-state index contributed by atoms with van der Waals surface area (Å²) in [4.78, 5) is 43.7. The van der Waals surface area contributed by atoms with Gasteiger partial charge in [-0.05, 0) is 43.9 Å². The second-order valence-electron chi connectivity index (χ2n) is 8.24. The van der Waals surface area contributed by atoms with Gasteiger partial charge in [0, 0.05) is 50.5 Å². The van der Waals surface area contributed by atoms with Gasteiger partial charge in [-0.3, -0.25) is 9.59 Å². The number of nitrogens with zero attached hydrogens (tertiary/aromatic N) is 3.